The summed E-state index contributed by atoms with van der Waals surface area (Å²) in [4.78, 5) is 2.68. The number of nitrogens with zero attached hydrogens (tertiary/aromatic N) is 4. The molecular formula is C15H24N4. The fourth-order valence-electron chi connectivity index (χ4n) is 3.61. The van der Waals surface area contributed by atoms with E-state index in [4.69, 9.17) is 0 Å². The van der Waals surface area contributed by atoms with Gasteiger partial charge in [0.1, 0.15) is 0 Å². The Morgan fingerprint density at radius 3 is 2.32 bits per heavy atom. The maximum absolute atomic E-state index is 4.34. The van der Waals surface area contributed by atoms with E-state index in [0.29, 0.717) is 6.04 Å². The van der Waals surface area contributed by atoms with Crippen LogP contribution in [0.4, 0.5) is 0 Å². The van der Waals surface area contributed by atoms with Gasteiger partial charge in [0, 0.05) is 31.2 Å². The molecular weight excluding hydrogens is 236 g/mol. The minimum atomic E-state index is 0.586. The highest BCUT2D eigenvalue weighted by molar-refractivity contribution is 5.10. The topological polar surface area (TPSA) is 34.0 Å². The SMILES string of the molecule is c1c(C2CC2)nnn1C1CN(C2CCCCCC2)C1. The second-order valence-corrected chi connectivity index (χ2v) is 6.65. The lowest BCUT2D eigenvalue weighted by molar-refractivity contribution is 0.0449. The van der Waals surface area contributed by atoms with Crippen molar-refractivity contribution in [3.05, 3.63) is 11.9 Å². The molecule has 4 nitrogen and oxygen atoms in total. The highest BCUT2D eigenvalue weighted by Crippen LogP contribution is 2.39. The van der Waals surface area contributed by atoms with E-state index >= 15 is 0 Å². The first kappa shape index (κ1) is 11.9. The summed E-state index contributed by atoms with van der Waals surface area (Å²) < 4.78 is 2.13. The van der Waals surface area contributed by atoms with Crippen LogP contribution in [-0.4, -0.2) is 39.0 Å². The number of hydrogen-bond acceptors (Lipinski definition) is 3. The molecule has 4 rings (SSSR count). The highest BCUT2D eigenvalue weighted by Gasteiger charge is 2.35. The third-order valence-corrected chi connectivity index (χ3v) is 5.13. The van der Waals surface area contributed by atoms with E-state index in [1.54, 1.807) is 0 Å². The average Bonchev–Trinajstić information content (AvgIpc) is 3.14. The van der Waals surface area contributed by atoms with Crippen molar-refractivity contribution in [1.82, 2.24) is 19.9 Å². The van der Waals surface area contributed by atoms with Gasteiger partial charge in [-0.05, 0) is 25.7 Å². The molecule has 1 saturated heterocycles. The summed E-state index contributed by atoms with van der Waals surface area (Å²) in [5, 5.41) is 8.67. The van der Waals surface area contributed by atoms with Crippen LogP contribution in [-0.2, 0) is 0 Å². The van der Waals surface area contributed by atoms with Gasteiger partial charge in [0.05, 0.1) is 11.7 Å². The molecule has 0 unspecified atom stereocenters. The van der Waals surface area contributed by atoms with Gasteiger partial charge in [-0.2, -0.15) is 0 Å². The zero-order valence-corrected chi connectivity index (χ0v) is 11.7. The number of likely N-dealkylation sites (tertiary alicyclic amines) is 1. The predicted molar refractivity (Wildman–Crippen MR) is 74.1 cm³/mol. The minimum Gasteiger partial charge on any atom is -0.296 e. The van der Waals surface area contributed by atoms with Crippen LogP contribution in [0.15, 0.2) is 6.20 Å². The van der Waals surface area contributed by atoms with E-state index in [1.165, 1.54) is 70.2 Å². The van der Waals surface area contributed by atoms with Gasteiger partial charge in [0.15, 0.2) is 0 Å². The zero-order chi connectivity index (χ0) is 12.7. The smallest absolute Gasteiger partial charge is 0.0858 e. The van der Waals surface area contributed by atoms with Gasteiger partial charge < -0.3 is 0 Å². The Morgan fingerprint density at radius 2 is 1.63 bits per heavy atom. The molecule has 2 heterocycles. The molecule has 0 radical (unpaired) electrons. The van der Waals surface area contributed by atoms with Crippen molar-refractivity contribution in [3.8, 4) is 0 Å². The summed E-state index contributed by atoms with van der Waals surface area (Å²) in [6.07, 6.45) is 13.4. The lowest BCUT2D eigenvalue weighted by atomic mass is 10.00. The van der Waals surface area contributed by atoms with Crippen molar-refractivity contribution in [2.24, 2.45) is 0 Å². The summed E-state index contributed by atoms with van der Waals surface area (Å²) in [5.74, 6) is 0.729. The summed E-state index contributed by atoms with van der Waals surface area (Å²) in [6, 6.07) is 1.44. The van der Waals surface area contributed by atoms with Gasteiger partial charge in [0.2, 0.25) is 0 Å². The molecule has 0 spiro atoms. The standard InChI is InChI=1S/C15H24N4/c1-2-4-6-13(5-3-1)18-9-14(10-18)19-11-15(16-17-19)12-7-8-12/h11-14H,1-10H2. The van der Waals surface area contributed by atoms with Crippen LogP contribution in [0.3, 0.4) is 0 Å². The second kappa shape index (κ2) is 4.89. The molecule has 0 N–H and O–H groups in total. The van der Waals surface area contributed by atoms with E-state index in [0.717, 1.165) is 12.0 Å². The fourth-order valence-corrected chi connectivity index (χ4v) is 3.61. The van der Waals surface area contributed by atoms with Gasteiger partial charge >= 0.3 is 0 Å². The van der Waals surface area contributed by atoms with Crippen LogP contribution in [0.2, 0.25) is 0 Å². The van der Waals surface area contributed by atoms with Crippen LogP contribution in [0.5, 0.6) is 0 Å². The number of aromatic nitrogens is 3. The van der Waals surface area contributed by atoms with Crippen LogP contribution in [0.1, 0.15) is 69.0 Å². The molecule has 2 aliphatic carbocycles. The van der Waals surface area contributed by atoms with Crippen molar-refractivity contribution < 1.29 is 0 Å². The van der Waals surface area contributed by atoms with E-state index in [9.17, 15) is 0 Å². The summed E-state index contributed by atoms with van der Waals surface area (Å²) in [6.45, 7) is 2.39. The Morgan fingerprint density at radius 1 is 0.895 bits per heavy atom. The van der Waals surface area contributed by atoms with E-state index in [2.05, 4.69) is 26.1 Å². The fraction of sp³-hybridized carbons (Fsp3) is 0.867. The molecule has 0 aromatic carbocycles. The van der Waals surface area contributed by atoms with Gasteiger partial charge in [-0.15, -0.1) is 5.10 Å². The number of hydrogen-bond donors (Lipinski definition) is 0. The Hall–Kier alpha value is -0.900. The zero-order valence-electron chi connectivity index (χ0n) is 11.7. The quantitative estimate of drug-likeness (QED) is 0.784. The van der Waals surface area contributed by atoms with Crippen molar-refractivity contribution in [3.63, 3.8) is 0 Å². The lowest BCUT2D eigenvalue weighted by Crippen LogP contribution is -2.52. The largest absolute Gasteiger partial charge is 0.296 e. The monoisotopic (exact) mass is 260 g/mol. The van der Waals surface area contributed by atoms with Crippen molar-refractivity contribution >= 4 is 0 Å². The third-order valence-electron chi connectivity index (χ3n) is 5.13. The number of rotatable bonds is 3. The molecule has 1 aliphatic heterocycles. The maximum atomic E-state index is 4.34. The molecule has 2 saturated carbocycles. The molecule has 19 heavy (non-hydrogen) atoms. The summed E-state index contributed by atoms with van der Waals surface area (Å²) >= 11 is 0. The molecule has 3 fully saturated rings. The van der Waals surface area contributed by atoms with Crippen LogP contribution in [0, 0.1) is 0 Å². The highest BCUT2D eigenvalue weighted by atomic mass is 15.5. The first-order chi connectivity index (χ1) is 9.40. The molecule has 4 heteroatoms. The van der Waals surface area contributed by atoms with Crippen molar-refractivity contribution in [2.45, 2.75) is 69.4 Å². The van der Waals surface area contributed by atoms with Gasteiger partial charge in [-0.25, -0.2) is 4.68 Å². The van der Waals surface area contributed by atoms with Crippen LogP contribution < -0.4 is 0 Å². The van der Waals surface area contributed by atoms with Crippen LogP contribution >= 0.6 is 0 Å². The molecule has 0 bridgehead atoms. The Kier molecular flexibility index (Phi) is 3.06. The molecule has 3 aliphatic rings. The summed E-state index contributed by atoms with van der Waals surface area (Å²) in [7, 11) is 0. The molecule has 0 atom stereocenters. The molecule has 0 amide bonds. The first-order valence-corrected chi connectivity index (χ1v) is 8.06. The Balaban J connectivity index is 1.33. The van der Waals surface area contributed by atoms with E-state index < -0.39 is 0 Å². The molecule has 1 aromatic rings. The lowest BCUT2D eigenvalue weighted by Gasteiger charge is -2.44. The van der Waals surface area contributed by atoms with Gasteiger partial charge in [0.25, 0.3) is 0 Å². The summed E-state index contributed by atoms with van der Waals surface area (Å²) in [5.41, 5.74) is 1.23. The predicted octanol–water partition coefficient (Wildman–Crippen LogP) is 2.74. The third kappa shape index (κ3) is 2.42. The Labute approximate surface area is 115 Å². The molecule has 104 valence electrons. The van der Waals surface area contributed by atoms with Crippen molar-refractivity contribution in [1.29, 1.82) is 0 Å². The average molecular weight is 260 g/mol. The maximum Gasteiger partial charge on any atom is 0.0858 e. The molecule has 1 aromatic heterocycles. The first-order valence-electron chi connectivity index (χ1n) is 8.06. The second-order valence-electron chi connectivity index (χ2n) is 6.65. The normalized spacial score (nSPS) is 27.2. The minimum absolute atomic E-state index is 0.586. The van der Waals surface area contributed by atoms with Gasteiger partial charge in [-0.1, -0.05) is 30.9 Å². The van der Waals surface area contributed by atoms with E-state index in [1.807, 2.05) is 0 Å². The van der Waals surface area contributed by atoms with Gasteiger partial charge in [-0.3, -0.25) is 4.90 Å². The van der Waals surface area contributed by atoms with Crippen molar-refractivity contribution in [2.75, 3.05) is 13.1 Å². The van der Waals surface area contributed by atoms with Crippen LogP contribution in [0.25, 0.3) is 0 Å². The van der Waals surface area contributed by atoms with E-state index in [-0.39, 0.29) is 0 Å². The Bertz CT molecular complexity index is 423.